The molecule has 1 aromatic heterocycles. The second kappa shape index (κ2) is 5.80. The van der Waals surface area contributed by atoms with Gasteiger partial charge in [-0.2, -0.15) is 0 Å². The van der Waals surface area contributed by atoms with Crippen molar-refractivity contribution in [3.63, 3.8) is 0 Å². The second-order valence-electron chi connectivity index (χ2n) is 6.29. The Morgan fingerprint density at radius 1 is 1.28 bits per heavy atom. The Labute approximate surface area is 110 Å². The highest BCUT2D eigenvalue weighted by Crippen LogP contribution is 2.13. The summed E-state index contributed by atoms with van der Waals surface area (Å²) in [5.74, 6) is 0. The minimum absolute atomic E-state index is 0.0990. The Morgan fingerprint density at radius 3 is 2.50 bits per heavy atom. The van der Waals surface area contributed by atoms with Crippen molar-refractivity contribution in [2.45, 2.75) is 65.3 Å². The van der Waals surface area contributed by atoms with E-state index in [2.05, 4.69) is 50.2 Å². The molecule has 0 fully saturated rings. The van der Waals surface area contributed by atoms with Crippen LogP contribution in [0.15, 0.2) is 6.20 Å². The van der Waals surface area contributed by atoms with Crippen LogP contribution in [-0.4, -0.2) is 33.2 Å². The summed E-state index contributed by atoms with van der Waals surface area (Å²) in [6, 6.07) is 0. The average molecular weight is 254 g/mol. The van der Waals surface area contributed by atoms with E-state index < -0.39 is 0 Å². The molecule has 5 nitrogen and oxygen atoms in total. The Bertz CT molecular complexity index is 365. The Kier molecular flexibility index (Phi) is 4.87. The highest BCUT2D eigenvalue weighted by atomic mass is 16.5. The summed E-state index contributed by atoms with van der Waals surface area (Å²) in [6.07, 6.45) is 2.91. The molecule has 0 atom stereocenters. The number of hydrogen-bond donors (Lipinski definition) is 1. The van der Waals surface area contributed by atoms with Crippen molar-refractivity contribution in [1.29, 1.82) is 0 Å². The van der Waals surface area contributed by atoms with E-state index in [1.165, 1.54) is 0 Å². The molecule has 1 aromatic rings. The molecule has 0 unspecified atom stereocenters. The fourth-order valence-corrected chi connectivity index (χ4v) is 1.37. The van der Waals surface area contributed by atoms with Crippen molar-refractivity contribution in [3.8, 4) is 0 Å². The molecule has 104 valence electrons. The second-order valence-corrected chi connectivity index (χ2v) is 6.29. The van der Waals surface area contributed by atoms with Gasteiger partial charge in [0.25, 0.3) is 0 Å². The van der Waals surface area contributed by atoms with E-state index in [0.29, 0.717) is 0 Å². The summed E-state index contributed by atoms with van der Waals surface area (Å²) < 4.78 is 7.26. The van der Waals surface area contributed by atoms with Crippen LogP contribution in [0.1, 0.15) is 46.7 Å². The molecular formula is C13H26N4O. The SMILES string of the molecule is COC(C)(C)CCn1cc(CNC(C)(C)C)nn1. The van der Waals surface area contributed by atoms with Gasteiger partial charge in [-0.1, -0.05) is 5.21 Å². The molecule has 0 bridgehead atoms. The summed E-state index contributed by atoms with van der Waals surface area (Å²) in [6.45, 7) is 12.1. The van der Waals surface area contributed by atoms with Crippen LogP contribution in [0.2, 0.25) is 0 Å². The van der Waals surface area contributed by atoms with Crippen LogP contribution in [0.5, 0.6) is 0 Å². The molecule has 18 heavy (non-hydrogen) atoms. The van der Waals surface area contributed by atoms with Gasteiger partial charge in [0.2, 0.25) is 0 Å². The van der Waals surface area contributed by atoms with Crippen molar-refractivity contribution in [1.82, 2.24) is 20.3 Å². The number of ether oxygens (including phenoxy) is 1. The quantitative estimate of drug-likeness (QED) is 0.843. The van der Waals surface area contributed by atoms with Crippen molar-refractivity contribution in [3.05, 3.63) is 11.9 Å². The first-order valence-corrected chi connectivity index (χ1v) is 6.41. The Morgan fingerprint density at radius 2 is 1.94 bits per heavy atom. The van der Waals surface area contributed by atoms with Gasteiger partial charge >= 0.3 is 0 Å². The van der Waals surface area contributed by atoms with Crippen LogP contribution < -0.4 is 5.32 Å². The van der Waals surface area contributed by atoms with Crippen molar-refractivity contribution in [2.75, 3.05) is 7.11 Å². The van der Waals surface area contributed by atoms with E-state index in [4.69, 9.17) is 4.74 Å². The van der Waals surface area contributed by atoms with Crippen LogP contribution in [-0.2, 0) is 17.8 Å². The van der Waals surface area contributed by atoms with Crippen LogP contribution in [0, 0.1) is 0 Å². The zero-order valence-electron chi connectivity index (χ0n) is 12.4. The van der Waals surface area contributed by atoms with Gasteiger partial charge < -0.3 is 10.1 Å². The van der Waals surface area contributed by atoms with Gasteiger partial charge in [-0.25, -0.2) is 0 Å². The van der Waals surface area contributed by atoms with Gasteiger partial charge in [0.15, 0.2) is 0 Å². The summed E-state index contributed by atoms with van der Waals surface area (Å²) in [4.78, 5) is 0. The lowest BCUT2D eigenvalue weighted by atomic mass is 10.1. The highest BCUT2D eigenvalue weighted by Gasteiger charge is 2.16. The van der Waals surface area contributed by atoms with Crippen molar-refractivity contribution >= 4 is 0 Å². The first-order valence-electron chi connectivity index (χ1n) is 6.41. The summed E-state index contributed by atoms with van der Waals surface area (Å²) in [5.41, 5.74) is 0.956. The lowest BCUT2D eigenvalue weighted by Gasteiger charge is -2.22. The number of nitrogens with zero attached hydrogens (tertiary/aromatic N) is 3. The van der Waals surface area contributed by atoms with Gasteiger partial charge in [0.05, 0.1) is 11.3 Å². The fourth-order valence-electron chi connectivity index (χ4n) is 1.37. The molecule has 1 N–H and O–H groups in total. The van der Waals surface area contributed by atoms with Gasteiger partial charge in [0, 0.05) is 31.9 Å². The zero-order chi connectivity index (χ0) is 13.8. The van der Waals surface area contributed by atoms with E-state index >= 15 is 0 Å². The minimum atomic E-state index is -0.115. The number of aromatic nitrogens is 3. The molecule has 0 amide bonds. The Hall–Kier alpha value is -0.940. The molecule has 0 saturated heterocycles. The molecule has 0 aliphatic carbocycles. The number of aryl methyl sites for hydroxylation is 1. The lowest BCUT2D eigenvalue weighted by Crippen LogP contribution is -2.35. The minimum Gasteiger partial charge on any atom is -0.379 e. The van der Waals surface area contributed by atoms with Gasteiger partial charge in [-0.15, -0.1) is 5.10 Å². The standard InChI is InChI=1S/C13H26N4O/c1-12(2,3)14-9-11-10-17(16-15-11)8-7-13(4,5)18-6/h10,14H,7-9H2,1-6H3. The van der Waals surface area contributed by atoms with E-state index in [0.717, 1.165) is 25.2 Å². The maximum Gasteiger partial charge on any atom is 0.0965 e. The normalized spacial score (nSPS) is 13.0. The molecule has 0 spiro atoms. The van der Waals surface area contributed by atoms with E-state index in [-0.39, 0.29) is 11.1 Å². The smallest absolute Gasteiger partial charge is 0.0965 e. The van der Waals surface area contributed by atoms with Gasteiger partial charge in [-0.05, 0) is 41.0 Å². The van der Waals surface area contributed by atoms with E-state index in [1.54, 1.807) is 7.11 Å². The monoisotopic (exact) mass is 254 g/mol. The van der Waals surface area contributed by atoms with Gasteiger partial charge in [-0.3, -0.25) is 4.68 Å². The predicted molar refractivity (Wildman–Crippen MR) is 72.3 cm³/mol. The highest BCUT2D eigenvalue weighted by molar-refractivity contribution is 4.93. The first-order chi connectivity index (χ1) is 8.22. The topological polar surface area (TPSA) is 52.0 Å². The third kappa shape index (κ3) is 5.60. The number of hydrogen-bond acceptors (Lipinski definition) is 4. The van der Waals surface area contributed by atoms with Crippen molar-refractivity contribution < 1.29 is 4.74 Å². The van der Waals surface area contributed by atoms with Crippen LogP contribution >= 0.6 is 0 Å². The van der Waals surface area contributed by atoms with Crippen molar-refractivity contribution in [2.24, 2.45) is 0 Å². The summed E-state index contributed by atoms with van der Waals surface area (Å²) in [7, 11) is 1.74. The predicted octanol–water partition coefficient (Wildman–Crippen LogP) is 1.98. The maximum atomic E-state index is 5.38. The molecular weight excluding hydrogens is 228 g/mol. The lowest BCUT2D eigenvalue weighted by molar-refractivity contribution is 0.0112. The molecule has 0 saturated carbocycles. The maximum absolute atomic E-state index is 5.38. The third-order valence-corrected chi connectivity index (χ3v) is 2.88. The molecule has 0 aromatic carbocycles. The number of rotatable bonds is 6. The van der Waals surface area contributed by atoms with E-state index in [9.17, 15) is 0 Å². The first kappa shape index (κ1) is 15.1. The fraction of sp³-hybridized carbons (Fsp3) is 0.846. The molecule has 0 aliphatic heterocycles. The molecule has 1 rings (SSSR count). The average Bonchev–Trinajstić information content (AvgIpc) is 2.71. The number of nitrogens with one attached hydrogen (secondary N) is 1. The van der Waals surface area contributed by atoms with E-state index in [1.807, 2.05) is 10.9 Å². The van der Waals surface area contributed by atoms with Crippen LogP contribution in [0.25, 0.3) is 0 Å². The van der Waals surface area contributed by atoms with Crippen LogP contribution in [0.4, 0.5) is 0 Å². The zero-order valence-corrected chi connectivity index (χ0v) is 12.4. The van der Waals surface area contributed by atoms with Gasteiger partial charge in [0.1, 0.15) is 0 Å². The third-order valence-electron chi connectivity index (χ3n) is 2.88. The Balaban J connectivity index is 2.44. The summed E-state index contributed by atoms with van der Waals surface area (Å²) in [5, 5.41) is 11.7. The molecule has 0 aliphatic rings. The van der Waals surface area contributed by atoms with Crippen LogP contribution in [0.3, 0.4) is 0 Å². The number of methoxy groups -OCH3 is 1. The molecule has 5 heteroatoms. The largest absolute Gasteiger partial charge is 0.379 e. The molecule has 0 radical (unpaired) electrons. The summed E-state index contributed by atoms with van der Waals surface area (Å²) >= 11 is 0. The molecule has 1 heterocycles.